The van der Waals surface area contributed by atoms with Gasteiger partial charge < -0.3 is 14.2 Å². The van der Waals surface area contributed by atoms with Crippen LogP contribution in [0.3, 0.4) is 0 Å². The Balaban J connectivity index is 2.14. The number of hydrogen-bond donors (Lipinski definition) is 1. The van der Waals surface area contributed by atoms with Crippen LogP contribution in [0.15, 0.2) is 15.8 Å². The second kappa shape index (κ2) is 5.85. The van der Waals surface area contributed by atoms with Gasteiger partial charge in [0.05, 0.1) is 6.61 Å². The van der Waals surface area contributed by atoms with Gasteiger partial charge in [-0.05, 0) is 18.3 Å². The molecule has 1 fully saturated rings. The first-order chi connectivity index (χ1) is 9.86. The number of nitrogens with one attached hydrogen (secondary N) is 1. The Morgan fingerprint density at radius 3 is 2.57 bits per heavy atom. The molecule has 1 aromatic rings. The van der Waals surface area contributed by atoms with Crippen LogP contribution in [0.2, 0.25) is 0 Å². The largest absolute Gasteiger partial charge is 0.384 e. The molecule has 7 nitrogen and oxygen atoms in total. The van der Waals surface area contributed by atoms with E-state index < -0.39 is 11.2 Å². The van der Waals surface area contributed by atoms with Gasteiger partial charge in [-0.2, -0.15) is 0 Å². The highest BCUT2D eigenvalue weighted by molar-refractivity contribution is 5.93. The summed E-state index contributed by atoms with van der Waals surface area (Å²) in [5, 5.41) is 0. The quantitative estimate of drug-likeness (QED) is 0.848. The van der Waals surface area contributed by atoms with Crippen LogP contribution in [0, 0.1) is 5.41 Å². The molecule has 0 aliphatic carbocycles. The summed E-state index contributed by atoms with van der Waals surface area (Å²) >= 11 is 0. The topological polar surface area (TPSA) is 84.4 Å². The van der Waals surface area contributed by atoms with Crippen molar-refractivity contribution in [2.24, 2.45) is 12.5 Å². The van der Waals surface area contributed by atoms with Gasteiger partial charge in [-0.1, -0.05) is 6.92 Å². The lowest BCUT2D eigenvalue weighted by Crippen LogP contribution is -2.45. The Kier molecular flexibility index (Phi) is 4.32. The molecule has 1 aliphatic heterocycles. The number of likely N-dealkylation sites (tertiary alicyclic amines) is 1. The van der Waals surface area contributed by atoms with Crippen molar-refractivity contribution in [3.63, 3.8) is 0 Å². The van der Waals surface area contributed by atoms with Crippen LogP contribution in [0.4, 0.5) is 0 Å². The second-order valence-corrected chi connectivity index (χ2v) is 5.95. The maximum absolute atomic E-state index is 12.4. The summed E-state index contributed by atoms with van der Waals surface area (Å²) in [5.74, 6) is -0.327. The van der Waals surface area contributed by atoms with Crippen LogP contribution < -0.4 is 11.2 Å². The Morgan fingerprint density at radius 2 is 2.00 bits per heavy atom. The minimum Gasteiger partial charge on any atom is -0.384 e. The molecule has 21 heavy (non-hydrogen) atoms. The van der Waals surface area contributed by atoms with E-state index in [1.807, 2.05) is 0 Å². The average molecular weight is 295 g/mol. The third-order valence-corrected chi connectivity index (χ3v) is 4.09. The van der Waals surface area contributed by atoms with E-state index in [-0.39, 0.29) is 16.9 Å². The zero-order valence-electron chi connectivity index (χ0n) is 12.6. The molecule has 0 unspecified atom stereocenters. The number of piperidine rings is 1. The molecule has 2 rings (SSSR count). The van der Waals surface area contributed by atoms with E-state index in [9.17, 15) is 14.4 Å². The number of carbonyl (C=O) groups is 1. The molecule has 0 saturated carbocycles. The number of hydrogen-bond acceptors (Lipinski definition) is 4. The molecule has 1 amide bonds. The van der Waals surface area contributed by atoms with Gasteiger partial charge in [-0.3, -0.25) is 14.6 Å². The normalized spacial score (nSPS) is 17.8. The second-order valence-electron chi connectivity index (χ2n) is 5.95. The van der Waals surface area contributed by atoms with Gasteiger partial charge in [0, 0.05) is 33.4 Å². The van der Waals surface area contributed by atoms with E-state index in [4.69, 9.17) is 4.74 Å². The van der Waals surface area contributed by atoms with E-state index in [0.717, 1.165) is 12.8 Å². The number of aromatic nitrogens is 2. The first-order valence-corrected chi connectivity index (χ1v) is 6.94. The molecule has 1 aliphatic rings. The fraction of sp³-hybridized carbons (Fsp3) is 0.643. The highest BCUT2D eigenvalue weighted by atomic mass is 16.5. The van der Waals surface area contributed by atoms with Gasteiger partial charge in [0.15, 0.2) is 0 Å². The lowest BCUT2D eigenvalue weighted by atomic mass is 9.81. The summed E-state index contributed by atoms with van der Waals surface area (Å²) in [6.07, 6.45) is 2.96. The van der Waals surface area contributed by atoms with Crippen molar-refractivity contribution >= 4 is 5.91 Å². The van der Waals surface area contributed by atoms with Crippen molar-refractivity contribution in [3.8, 4) is 0 Å². The zero-order valence-corrected chi connectivity index (χ0v) is 12.6. The molecule has 1 aromatic heterocycles. The molecule has 0 spiro atoms. The van der Waals surface area contributed by atoms with E-state index in [1.165, 1.54) is 17.8 Å². The van der Waals surface area contributed by atoms with E-state index in [2.05, 4.69) is 11.9 Å². The van der Waals surface area contributed by atoms with Crippen LogP contribution in [0.5, 0.6) is 0 Å². The minimum atomic E-state index is -0.631. The molecule has 116 valence electrons. The molecule has 0 radical (unpaired) electrons. The Bertz CT molecular complexity index is 638. The molecule has 1 saturated heterocycles. The number of carbonyl (C=O) groups excluding carboxylic acids is 1. The van der Waals surface area contributed by atoms with Gasteiger partial charge in [-0.15, -0.1) is 0 Å². The predicted molar refractivity (Wildman–Crippen MR) is 77.4 cm³/mol. The van der Waals surface area contributed by atoms with Crippen molar-refractivity contribution in [1.29, 1.82) is 0 Å². The highest BCUT2D eigenvalue weighted by Crippen LogP contribution is 2.31. The summed E-state index contributed by atoms with van der Waals surface area (Å²) < 4.78 is 6.42. The standard InChI is InChI=1S/C14H21N3O4/c1-14(9-21-3)4-6-17(7-5-14)12(19)10-8-16(2)13(20)15-11(10)18/h8H,4-7,9H2,1-3H3,(H,15,18,20). The summed E-state index contributed by atoms with van der Waals surface area (Å²) in [5.41, 5.74) is -1.08. The van der Waals surface area contributed by atoms with E-state index in [0.29, 0.717) is 19.7 Å². The molecule has 2 heterocycles. The first-order valence-electron chi connectivity index (χ1n) is 6.94. The lowest BCUT2D eigenvalue weighted by Gasteiger charge is -2.38. The third-order valence-electron chi connectivity index (χ3n) is 4.09. The Morgan fingerprint density at radius 1 is 1.38 bits per heavy atom. The molecule has 7 heteroatoms. The van der Waals surface area contributed by atoms with Crippen molar-refractivity contribution in [2.75, 3.05) is 26.8 Å². The number of aryl methyl sites for hydroxylation is 1. The van der Waals surface area contributed by atoms with Crippen LogP contribution in [-0.2, 0) is 11.8 Å². The van der Waals surface area contributed by atoms with Crippen LogP contribution in [-0.4, -0.2) is 47.2 Å². The highest BCUT2D eigenvalue weighted by Gasteiger charge is 2.32. The number of nitrogens with zero attached hydrogens (tertiary/aromatic N) is 2. The summed E-state index contributed by atoms with van der Waals surface area (Å²) in [7, 11) is 3.17. The average Bonchev–Trinajstić information content (AvgIpc) is 2.43. The molecule has 1 N–H and O–H groups in total. The SMILES string of the molecule is COCC1(C)CCN(C(=O)c2cn(C)c(=O)[nH]c2=O)CC1. The van der Waals surface area contributed by atoms with E-state index >= 15 is 0 Å². The van der Waals surface area contributed by atoms with Gasteiger partial charge in [0.1, 0.15) is 5.56 Å². The maximum atomic E-state index is 12.4. The summed E-state index contributed by atoms with van der Waals surface area (Å²) in [4.78, 5) is 39.3. The molecular formula is C14H21N3O4. The smallest absolute Gasteiger partial charge is 0.328 e. The number of methoxy groups -OCH3 is 1. The van der Waals surface area contributed by atoms with Crippen molar-refractivity contribution in [1.82, 2.24) is 14.5 Å². The number of aromatic amines is 1. The van der Waals surface area contributed by atoms with Gasteiger partial charge in [-0.25, -0.2) is 4.79 Å². The number of amides is 1. The molecule has 0 atom stereocenters. The summed E-state index contributed by atoms with van der Waals surface area (Å²) in [6, 6.07) is 0. The lowest BCUT2D eigenvalue weighted by molar-refractivity contribution is 0.0300. The Hall–Kier alpha value is -1.89. The predicted octanol–water partition coefficient (Wildman–Crippen LogP) is -0.0377. The molecule has 0 bridgehead atoms. The fourth-order valence-corrected chi connectivity index (χ4v) is 2.63. The maximum Gasteiger partial charge on any atom is 0.328 e. The van der Waals surface area contributed by atoms with E-state index in [1.54, 1.807) is 12.0 Å². The van der Waals surface area contributed by atoms with Gasteiger partial charge in [0.25, 0.3) is 11.5 Å². The molecule has 0 aromatic carbocycles. The van der Waals surface area contributed by atoms with Crippen molar-refractivity contribution in [3.05, 3.63) is 32.6 Å². The van der Waals surface area contributed by atoms with Crippen LogP contribution in [0.25, 0.3) is 0 Å². The van der Waals surface area contributed by atoms with Crippen molar-refractivity contribution < 1.29 is 9.53 Å². The third kappa shape index (κ3) is 3.24. The van der Waals surface area contributed by atoms with Gasteiger partial charge >= 0.3 is 5.69 Å². The number of H-pyrrole nitrogens is 1. The minimum absolute atomic E-state index is 0.00689. The van der Waals surface area contributed by atoms with Crippen molar-refractivity contribution in [2.45, 2.75) is 19.8 Å². The van der Waals surface area contributed by atoms with Gasteiger partial charge in [0.2, 0.25) is 0 Å². The molecular weight excluding hydrogens is 274 g/mol. The number of ether oxygens (including phenoxy) is 1. The van der Waals surface area contributed by atoms with Crippen LogP contribution >= 0.6 is 0 Å². The Labute approximate surface area is 122 Å². The number of rotatable bonds is 3. The fourth-order valence-electron chi connectivity index (χ4n) is 2.63. The monoisotopic (exact) mass is 295 g/mol. The zero-order chi connectivity index (χ0) is 15.6. The first kappa shape index (κ1) is 15.5. The summed E-state index contributed by atoms with van der Waals surface area (Å²) in [6.45, 7) is 3.97. The van der Waals surface area contributed by atoms with Crippen LogP contribution in [0.1, 0.15) is 30.1 Å².